The number of hydrogen-bond donors (Lipinski definition) is 2. The minimum atomic E-state index is -4.34. The maximum Gasteiger partial charge on any atom is 0.416 e. The molecule has 4 rings (SSSR count). The van der Waals surface area contributed by atoms with E-state index in [1.807, 2.05) is 15.6 Å². The number of aromatic nitrogens is 2. The lowest BCUT2D eigenvalue weighted by atomic mass is 10.1. The van der Waals surface area contributed by atoms with E-state index in [0.29, 0.717) is 44.5 Å². The number of halogens is 3. The number of quaternary nitrogens is 1. The molecule has 0 bridgehead atoms. The van der Waals surface area contributed by atoms with E-state index in [0.717, 1.165) is 29.6 Å². The van der Waals surface area contributed by atoms with Crippen LogP contribution in [0, 0.1) is 0 Å². The fourth-order valence-electron chi connectivity index (χ4n) is 4.40. The molecule has 2 fully saturated rings. The molecule has 1 saturated heterocycles. The van der Waals surface area contributed by atoms with Crippen LogP contribution in [0.1, 0.15) is 37.3 Å². The highest BCUT2D eigenvalue weighted by atomic mass is 19.4. The standard InChI is InChI=1S/C21H26F3N5O/c22-21(23,24)16-4-3-7-18(14-16)28-12-10-27(11-13-28)15-20(30)26-19-8-9-25-29(19)17-5-1-2-6-17/h3-4,7-9,14,17H,1-2,5-6,10-13,15H2,(H,26,30)/p+1. The lowest BCUT2D eigenvalue weighted by Crippen LogP contribution is -3.15. The van der Waals surface area contributed by atoms with Crippen LogP contribution < -0.4 is 15.1 Å². The molecule has 2 heterocycles. The van der Waals surface area contributed by atoms with Crippen LogP contribution in [-0.4, -0.2) is 48.4 Å². The first kappa shape index (κ1) is 20.7. The highest BCUT2D eigenvalue weighted by Gasteiger charge is 2.31. The zero-order chi connectivity index (χ0) is 21.1. The summed E-state index contributed by atoms with van der Waals surface area (Å²) in [5.74, 6) is 0.686. The first-order valence-corrected chi connectivity index (χ1v) is 10.5. The van der Waals surface area contributed by atoms with Crippen LogP contribution in [0.3, 0.4) is 0 Å². The number of benzene rings is 1. The molecule has 1 amide bonds. The highest BCUT2D eigenvalue weighted by Crippen LogP contribution is 2.32. The fraction of sp³-hybridized carbons (Fsp3) is 0.524. The first-order valence-electron chi connectivity index (χ1n) is 10.5. The number of alkyl halides is 3. The van der Waals surface area contributed by atoms with Gasteiger partial charge in [-0.1, -0.05) is 18.9 Å². The summed E-state index contributed by atoms with van der Waals surface area (Å²) in [6, 6.07) is 7.62. The summed E-state index contributed by atoms with van der Waals surface area (Å²) in [6.45, 7) is 2.97. The molecule has 1 aromatic carbocycles. The minimum Gasteiger partial charge on any atom is -0.360 e. The van der Waals surface area contributed by atoms with E-state index in [2.05, 4.69) is 10.4 Å². The lowest BCUT2D eigenvalue weighted by molar-refractivity contribution is -0.892. The van der Waals surface area contributed by atoms with Crippen molar-refractivity contribution < 1.29 is 22.9 Å². The fourth-order valence-corrected chi connectivity index (χ4v) is 4.40. The third-order valence-corrected chi connectivity index (χ3v) is 6.03. The normalized spacial score (nSPS) is 18.7. The summed E-state index contributed by atoms with van der Waals surface area (Å²) < 4.78 is 40.8. The third kappa shape index (κ3) is 4.77. The molecule has 162 valence electrons. The van der Waals surface area contributed by atoms with Gasteiger partial charge in [-0.3, -0.25) is 4.79 Å². The van der Waals surface area contributed by atoms with Gasteiger partial charge in [-0.05, 0) is 31.0 Å². The molecular formula is C21H27F3N5O+. The molecule has 0 unspecified atom stereocenters. The Balaban J connectivity index is 1.29. The van der Waals surface area contributed by atoms with Crippen molar-refractivity contribution in [3.05, 3.63) is 42.1 Å². The second-order valence-corrected chi connectivity index (χ2v) is 8.11. The Kier molecular flexibility index (Phi) is 5.99. The van der Waals surface area contributed by atoms with E-state index >= 15 is 0 Å². The Morgan fingerprint density at radius 2 is 1.90 bits per heavy atom. The van der Waals surface area contributed by atoms with E-state index in [4.69, 9.17) is 0 Å². The molecule has 1 aromatic heterocycles. The van der Waals surface area contributed by atoms with Gasteiger partial charge in [0.15, 0.2) is 6.54 Å². The van der Waals surface area contributed by atoms with Crippen molar-refractivity contribution in [3.8, 4) is 0 Å². The van der Waals surface area contributed by atoms with Crippen LogP contribution in [0.2, 0.25) is 0 Å². The summed E-state index contributed by atoms with van der Waals surface area (Å²) in [4.78, 5) is 15.6. The van der Waals surface area contributed by atoms with Crippen LogP contribution in [0.25, 0.3) is 0 Å². The molecule has 2 aromatic rings. The van der Waals surface area contributed by atoms with Crippen LogP contribution >= 0.6 is 0 Å². The minimum absolute atomic E-state index is 0.0581. The molecule has 0 radical (unpaired) electrons. The van der Waals surface area contributed by atoms with E-state index in [1.54, 1.807) is 12.3 Å². The molecular weight excluding hydrogens is 395 g/mol. The van der Waals surface area contributed by atoms with E-state index in [1.165, 1.54) is 25.0 Å². The SMILES string of the molecule is O=C(C[NH+]1CCN(c2cccc(C(F)(F)F)c2)CC1)Nc1ccnn1C1CCCC1. The Hall–Kier alpha value is -2.55. The zero-order valence-corrected chi connectivity index (χ0v) is 16.8. The van der Waals surface area contributed by atoms with Crippen molar-refractivity contribution in [2.24, 2.45) is 0 Å². The Morgan fingerprint density at radius 1 is 1.17 bits per heavy atom. The molecule has 1 saturated carbocycles. The number of hydrogen-bond acceptors (Lipinski definition) is 3. The molecule has 1 aliphatic heterocycles. The van der Waals surface area contributed by atoms with Gasteiger partial charge < -0.3 is 15.1 Å². The lowest BCUT2D eigenvalue weighted by Gasteiger charge is -2.33. The van der Waals surface area contributed by atoms with E-state index in [9.17, 15) is 18.0 Å². The molecule has 2 aliphatic rings. The number of amides is 1. The second kappa shape index (κ2) is 8.67. The van der Waals surface area contributed by atoms with Crippen molar-refractivity contribution in [1.82, 2.24) is 9.78 Å². The largest absolute Gasteiger partial charge is 0.416 e. The van der Waals surface area contributed by atoms with Crippen LogP contribution in [0.4, 0.5) is 24.7 Å². The van der Waals surface area contributed by atoms with Crippen molar-refractivity contribution >= 4 is 17.4 Å². The molecule has 2 N–H and O–H groups in total. The number of rotatable bonds is 5. The smallest absolute Gasteiger partial charge is 0.360 e. The van der Waals surface area contributed by atoms with Crippen LogP contribution in [0.5, 0.6) is 0 Å². The average Bonchev–Trinajstić information content (AvgIpc) is 3.39. The van der Waals surface area contributed by atoms with Crippen molar-refractivity contribution in [1.29, 1.82) is 0 Å². The Bertz CT molecular complexity index is 868. The van der Waals surface area contributed by atoms with Gasteiger partial charge in [0.1, 0.15) is 5.82 Å². The van der Waals surface area contributed by atoms with Crippen LogP contribution in [0.15, 0.2) is 36.5 Å². The molecule has 1 aliphatic carbocycles. The first-order chi connectivity index (χ1) is 14.4. The Morgan fingerprint density at radius 3 is 2.60 bits per heavy atom. The number of carbonyl (C=O) groups is 1. The number of anilines is 2. The van der Waals surface area contributed by atoms with Crippen molar-refractivity contribution in [3.63, 3.8) is 0 Å². The summed E-state index contributed by atoms with van der Waals surface area (Å²) >= 11 is 0. The van der Waals surface area contributed by atoms with Gasteiger partial charge in [0, 0.05) is 11.8 Å². The van der Waals surface area contributed by atoms with Gasteiger partial charge in [-0.25, -0.2) is 4.68 Å². The molecule has 0 spiro atoms. The molecule has 0 atom stereocenters. The maximum atomic E-state index is 12.9. The highest BCUT2D eigenvalue weighted by molar-refractivity contribution is 5.90. The topological polar surface area (TPSA) is 54.6 Å². The predicted octanol–water partition coefficient (Wildman–Crippen LogP) is 2.36. The average molecular weight is 422 g/mol. The number of piperazine rings is 1. The van der Waals surface area contributed by atoms with Crippen LogP contribution in [-0.2, 0) is 11.0 Å². The molecule has 6 nitrogen and oxygen atoms in total. The summed E-state index contributed by atoms with van der Waals surface area (Å²) in [7, 11) is 0. The van der Waals surface area contributed by atoms with Gasteiger partial charge in [-0.2, -0.15) is 18.3 Å². The van der Waals surface area contributed by atoms with E-state index in [-0.39, 0.29) is 5.91 Å². The van der Waals surface area contributed by atoms with Gasteiger partial charge in [-0.15, -0.1) is 0 Å². The quantitative estimate of drug-likeness (QED) is 0.778. The predicted molar refractivity (Wildman–Crippen MR) is 108 cm³/mol. The van der Waals surface area contributed by atoms with Gasteiger partial charge in [0.05, 0.1) is 44.0 Å². The summed E-state index contributed by atoms with van der Waals surface area (Å²) in [5, 5.41) is 7.36. The van der Waals surface area contributed by atoms with Crippen molar-refractivity contribution in [2.45, 2.75) is 37.9 Å². The summed E-state index contributed by atoms with van der Waals surface area (Å²) in [6.07, 6.45) is 1.94. The summed E-state index contributed by atoms with van der Waals surface area (Å²) in [5.41, 5.74) is -0.0539. The number of nitrogens with one attached hydrogen (secondary N) is 2. The molecule has 9 heteroatoms. The van der Waals surface area contributed by atoms with Gasteiger partial charge in [0.25, 0.3) is 5.91 Å². The zero-order valence-electron chi connectivity index (χ0n) is 16.8. The van der Waals surface area contributed by atoms with Crippen molar-refractivity contribution in [2.75, 3.05) is 42.9 Å². The second-order valence-electron chi connectivity index (χ2n) is 8.11. The monoisotopic (exact) mass is 422 g/mol. The number of carbonyl (C=O) groups excluding carboxylic acids is 1. The third-order valence-electron chi connectivity index (χ3n) is 6.03. The maximum absolute atomic E-state index is 12.9. The Labute approximate surface area is 173 Å². The van der Waals surface area contributed by atoms with Gasteiger partial charge in [0.2, 0.25) is 0 Å². The van der Waals surface area contributed by atoms with Gasteiger partial charge >= 0.3 is 6.18 Å². The number of nitrogens with zero attached hydrogens (tertiary/aromatic N) is 3. The molecule has 30 heavy (non-hydrogen) atoms. The van der Waals surface area contributed by atoms with E-state index < -0.39 is 11.7 Å².